The maximum absolute atomic E-state index is 13.3. The topological polar surface area (TPSA) is 99.5 Å². The third-order valence-corrected chi connectivity index (χ3v) is 8.36. The van der Waals surface area contributed by atoms with Gasteiger partial charge < -0.3 is 25.2 Å². The number of aromatic nitrogens is 2. The minimum absolute atomic E-state index is 0.111. The van der Waals surface area contributed by atoms with Gasteiger partial charge in [0.15, 0.2) is 5.11 Å². The Labute approximate surface area is 255 Å². The fraction of sp³-hybridized carbons (Fsp3) is 0.176. The SMILES string of the molecule is Cc1cc([C@H]2[C@H](c3ccccn3)NC(=S)N2CCC(=O)Nc2cccc3ccccc23)c(C)n1-c1ccccc1C(=O)O. The van der Waals surface area contributed by atoms with Gasteiger partial charge in [0.25, 0.3) is 0 Å². The van der Waals surface area contributed by atoms with E-state index in [2.05, 4.69) is 21.7 Å². The van der Waals surface area contributed by atoms with Crippen molar-refractivity contribution in [2.24, 2.45) is 0 Å². The number of hydrogen-bond acceptors (Lipinski definition) is 4. The van der Waals surface area contributed by atoms with Crippen molar-refractivity contribution < 1.29 is 14.7 Å². The summed E-state index contributed by atoms with van der Waals surface area (Å²) in [4.78, 5) is 32.0. The van der Waals surface area contributed by atoms with Gasteiger partial charge in [0, 0.05) is 41.6 Å². The number of anilines is 1. The third-order valence-electron chi connectivity index (χ3n) is 8.01. The number of thiocarbonyl (C=S) groups is 1. The van der Waals surface area contributed by atoms with Crippen LogP contribution in [0.2, 0.25) is 0 Å². The fourth-order valence-corrected chi connectivity index (χ4v) is 6.39. The van der Waals surface area contributed by atoms with E-state index in [0.29, 0.717) is 17.3 Å². The lowest BCUT2D eigenvalue weighted by Crippen LogP contribution is -2.33. The van der Waals surface area contributed by atoms with Crippen molar-refractivity contribution in [2.75, 3.05) is 11.9 Å². The Morgan fingerprint density at radius 1 is 0.977 bits per heavy atom. The lowest BCUT2D eigenvalue weighted by Gasteiger charge is -2.28. The number of nitrogens with one attached hydrogen (secondary N) is 2. The van der Waals surface area contributed by atoms with Gasteiger partial charge in [-0.3, -0.25) is 9.78 Å². The Kier molecular flexibility index (Phi) is 7.65. The van der Waals surface area contributed by atoms with Crippen LogP contribution in [0.1, 0.15) is 51.5 Å². The molecule has 9 heteroatoms. The van der Waals surface area contributed by atoms with Crippen LogP contribution in [0.3, 0.4) is 0 Å². The average Bonchev–Trinajstić information content (AvgIpc) is 3.50. The second-order valence-electron chi connectivity index (χ2n) is 10.6. The molecule has 43 heavy (non-hydrogen) atoms. The van der Waals surface area contributed by atoms with E-state index >= 15 is 0 Å². The molecule has 0 aliphatic carbocycles. The quantitative estimate of drug-likeness (QED) is 0.182. The van der Waals surface area contributed by atoms with Crippen molar-refractivity contribution in [2.45, 2.75) is 32.4 Å². The number of fused-ring (bicyclic) bond motifs is 1. The van der Waals surface area contributed by atoms with Gasteiger partial charge in [0.2, 0.25) is 5.91 Å². The molecule has 2 aromatic heterocycles. The highest BCUT2D eigenvalue weighted by atomic mass is 32.1. The number of pyridine rings is 1. The molecule has 3 aromatic carbocycles. The molecule has 0 saturated carbocycles. The average molecular weight is 590 g/mol. The van der Waals surface area contributed by atoms with Crippen LogP contribution in [0.5, 0.6) is 0 Å². The van der Waals surface area contributed by atoms with Crippen molar-refractivity contribution in [1.29, 1.82) is 0 Å². The molecule has 2 atom stereocenters. The second kappa shape index (κ2) is 11.7. The molecule has 3 heterocycles. The van der Waals surface area contributed by atoms with Gasteiger partial charge >= 0.3 is 5.97 Å². The number of carboxylic acid groups (broad SMARTS) is 1. The number of rotatable bonds is 8. The Bertz CT molecular complexity index is 1850. The van der Waals surface area contributed by atoms with E-state index in [-0.39, 0.29) is 30.0 Å². The number of hydrogen-bond donors (Lipinski definition) is 3. The summed E-state index contributed by atoms with van der Waals surface area (Å²) in [5.41, 5.74) is 5.19. The van der Waals surface area contributed by atoms with Crippen LogP contribution in [0, 0.1) is 13.8 Å². The summed E-state index contributed by atoms with van der Waals surface area (Å²) in [5.74, 6) is -1.10. The Hall–Kier alpha value is -5.02. The maximum atomic E-state index is 13.3. The minimum atomic E-state index is -0.987. The van der Waals surface area contributed by atoms with Crippen molar-refractivity contribution in [1.82, 2.24) is 19.8 Å². The lowest BCUT2D eigenvalue weighted by atomic mass is 9.96. The summed E-state index contributed by atoms with van der Waals surface area (Å²) in [5, 5.41) is 19.0. The largest absolute Gasteiger partial charge is 0.478 e. The molecule has 6 rings (SSSR count). The Morgan fingerprint density at radius 2 is 1.72 bits per heavy atom. The van der Waals surface area contributed by atoms with Gasteiger partial charge in [-0.2, -0.15) is 0 Å². The Morgan fingerprint density at radius 3 is 2.51 bits per heavy atom. The van der Waals surface area contributed by atoms with Gasteiger partial charge in [0.1, 0.15) is 0 Å². The number of carbonyl (C=O) groups is 2. The number of carboxylic acids is 1. The minimum Gasteiger partial charge on any atom is -0.478 e. The first-order valence-corrected chi connectivity index (χ1v) is 14.5. The molecule has 1 fully saturated rings. The van der Waals surface area contributed by atoms with E-state index in [1.807, 2.05) is 96.1 Å². The van der Waals surface area contributed by atoms with E-state index in [9.17, 15) is 14.7 Å². The van der Waals surface area contributed by atoms with E-state index in [1.165, 1.54) is 0 Å². The smallest absolute Gasteiger partial charge is 0.337 e. The number of benzene rings is 3. The standard InChI is InChI=1S/C34H31N5O3S/c1-21-20-26(22(2)39(21)29-16-6-5-13-25(29)33(41)42)32-31(28-14-7-8-18-35-28)37-34(43)38(32)19-17-30(40)36-27-15-9-11-23-10-3-4-12-24(23)27/h3-16,18,20,31-32H,17,19H2,1-2H3,(H,36,40)(H,37,43)(H,41,42)/t31-,32-/m0/s1. The molecule has 1 amide bonds. The summed E-state index contributed by atoms with van der Waals surface area (Å²) in [7, 11) is 0. The Balaban J connectivity index is 1.33. The molecule has 0 unspecified atom stereocenters. The van der Waals surface area contributed by atoms with Crippen molar-refractivity contribution >= 4 is 45.7 Å². The zero-order chi connectivity index (χ0) is 30.1. The summed E-state index contributed by atoms with van der Waals surface area (Å²) in [6.45, 7) is 4.34. The van der Waals surface area contributed by atoms with E-state index in [0.717, 1.165) is 39.1 Å². The summed E-state index contributed by atoms with van der Waals surface area (Å²) in [6.07, 6.45) is 1.97. The van der Waals surface area contributed by atoms with Crippen LogP contribution >= 0.6 is 12.2 Å². The number of para-hydroxylation sites is 1. The number of nitrogens with zero attached hydrogens (tertiary/aromatic N) is 3. The van der Waals surface area contributed by atoms with Crippen LogP contribution in [0.25, 0.3) is 16.5 Å². The highest BCUT2D eigenvalue weighted by molar-refractivity contribution is 7.80. The van der Waals surface area contributed by atoms with E-state index in [1.54, 1.807) is 18.3 Å². The number of aromatic carboxylic acids is 1. The zero-order valence-corrected chi connectivity index (χ0v) is 24.6. The van der Waals surface area contributed by atoms with Crippen LogP contribution in [0.15, 0.2) is 97.2 Å². The molecule has 0 radical (unpaired) electrons. The first-order chi connectivity index (χ1) is 20.8. The molecule has 1 saturated heterocycles. The van der Waals surface area contributed by atoms with Gasteiger partial charge in [-0.1, -0.05) is 54.6 Å². The van der Waals surface area contributed by atoms with Crippen LogP contribution in [-0.2, 0) is 4.79 Å². The van der Waals surface area contributed by atoms with Gasteiger partial charge in [-0.05, 0) is 73.4 Å². The van der Waals surface area contributed by atoms with Crippen molar-refractivity contribution in [3.8, 4) is 5.69 Å². The predicted molar refractivity (Wildman–Crippen MR) is 172 cm³/mol. The van der Waals surface area contributed by atoms with E-state index in [4.69, 9.17) is 12.2 Å². The molecule has 1 aliphatic rings. The summed E-state index contributed by atoms with van der Waals surface area (Å²) in [6, 6.07) is 28.1. The summed E-state index contributed by atoms with van der Waals surface area (Å²) >= 11 is 5.84. The van der Waals surface area contributed by atoms with Gasteiger partial charge in [-0.15, -0.1) is 0 Å². The lowest BCUT2D eigenvalue weighted by molar-refractivity contribution is -0.116. The van der Waals surface area contributed by atoms with Crippen LogP contribution < -0.4 is 10.6 Å². The van der Waals surface area contributed by atoms with E-state index < -0.39 is 5.97 Å². The normalized spacial score (nSPS) is 16.3. The first kappa shape index (κ1) is 28.1. The van der Waals surface area contributed by atoms with Crippen molar-refractivity contribution in [3.63, 3.8) is 0 Å². The van der Waals surface area contributed by atoms with Crippen molar-refractivity contribution in [3.05, 3.63) is 125 Å². The van der Waals surface area contributed by atoms with Gasteiger partial charge in [0.05, 0.1) is 29.0 Å². The third kappa shape index (κ3) is 5.35. The molecule has 0 bridgehead atoms. The highest BCUT2D eigenvalue weighted by Crippen LogP contribution is 2.41. The van der Waals surface area contributed by atoms with Crippen LogP contribution in [0.4, 0.5) is 5.69 Å². The second-order valence-corrected chi connectivity index (χ2v) is 11.0. The zero-order valence-electron chi connectivity index (χ0n) is 23.8. The molecule has 3 N–H and O–H groups in total. The predicted octanol–water partition coefficient (Wildman–Crippen LogP) is 6.34. The molecular weight excluding hydrogens is 558 g/mol. The highest BCUT2D eigenvalue weighted by Gasteiger charge is 2.41. The number of aryl methyl sites for hydroxylation is 1. The van der Waals surface area contributed by atoms with Gasteiger partial charge in [-0.25, -0.2) is 4.79 Å². The first-order valence-electron chi connectivity index (χ1n) is 14.1. The van der Waals surface area contributed by atoms with Crippen LogP contribution in [-0.4, -0.2) is 43.1 Å². The molecule has 5 aromatic rings. The number of carbonyl (C=O) groups excluding carboxylic acids is 1. The molecule has 216 valence electrons. The number of amides is 1. The maximum Gasteiger partial charge on any atom is 0.337 e. The molecular formula is C34H31N5O3S. The summed E-state index contributed by atoms with van der Waals surface area (Å²) < 4.78 is 1.97. The molecule has 8 nitrogen and oxygen atoms in total. The fourth-order valence-electron chi connectivity index (χ4n) is 6.06. The monoisotopic (exact) mass is 589 g/mol. The molecule has 1 aliphatic heterocycles. The molecule has 0 spiro atoms.